The van der Waals surface area contributed by atoms with Gasteiger partial charge in [0.25, 0.3) is 0 Å². The molecule has 0 saturated carbocycles. The van der Waals surface area contributed by atoms with Gasteiger partial charge in [-0.25, -0.2) is 0 Å². The Bertz CT molecular complexity index is 384. The van der Waals surface area contributed by atoms with Crippen LogP contribution in [-0.2, 0) is 4.79 Å². The average molecular weight is 253 g/mol. The molecule has 1 atom stereocenters. The summed E-state index contributed by atoms with van der Waals surface area (Å²) in [6.07, 6.45) is -0.131. The first-order valence-corrected chi connectivity index (χ1v) is 5.73. The fraction of sp³-hybridized carbons (Fsp3) is 0.462. The van der Waals surface area contributed by atoms with E-state index < -0.39 is 6.10 Å². The predicted molar refractivity (Wildman–Crippen MR) is 67.8 cm³/mol. The number of rotatable bonds is 7. The highest BCUT2D eigenvalue weighted by Crippen LogP contribution is 2.28. The first kappa shape index (κ1) is 14.5. The first-order chi connectivity index (χ1) is 8.60. The zero-order valence-electron chi connectivity index (χ0n) is 10.7. The van der Waals surface area contributed by atoms with E-state index in [1.54, 1.807) is 32.4 Å². The van der Waals surface area contributed by atoms with Gasteiger partial charge in [0.2, 0.25) is 0 Å². The Balaban J connectivity index is 2.77. The van der Waals surface area contributed by atoms with Gasteiger partial charge in [-0.2, -0.15) is 0 Å². The number of hydrogen-bond donors (Lipinski definition) is 2. The minimum atomic E-state index is -0.732. The molecule has 3 N–H and O–H groups in total. The number of methoxy groups -OCH3 is 2. The van der Waals surface area contributed by atoms with E-state index in [0.29, 0.717) is 23.5 Å². The van der Waals surface area contributed by atoms with Gasteiger partial charge in [0, 0.05) is 12.5 Å². The van der Waals surface area contributed by atoms with E-state index in [9.17, 15) is 9.90 Å². The zero-order chi connectivity index (χ0) is 13.5. The third-order valence-electron chi connectivity index (χ3n) is 2.68. The van der Waals surface area contributed by atoms with Gasteiger partial charge in [-0.05, 0) is 24.1 Å². The van der Waals surface area contributed by atoms with Gasteiger partial charge in [0.05, 0.1) is 26.9 Å². The van der Waals surface area contributed by atoms with Crippen LogP contribution in [0, 0.1) is 0 Å². The number of carbonyl (C=O) groups is 1. The number of aliphatic hydroxyl groups is 1. The summed E-state index contributed by atoms with van der Waals surface area (Å²) in [5, 5.41) is 10.0. The number of benzene rings is 1. The molecule has 0 aliphatic rings. The highest BCUT2D eigenvalue weighted by Gasteiger charge is 2.12. The van der Waals surface area contributed by atoms with Crippen LogP contribution in [0.4, 0.5) is 0 Å². The molecule has 0 saturated heterocycles. The summed E-state index contributed by atoms with van der Waals surface area (Å²) in [4.78, 5) is 11.1. The van der Waals surface area contributed by atoms with Crippen molar-refractivity contribution in [1.82, 2.24) is 0 Å². The Morgan fingerprint density at radius 2 is 1.83 bits per heavy atom. The lowest BCUT2D eigenvalue weighted by molar-refractivity contribution is -0.118. The van der Waals surface area contributed by atoms with Crippen molar-refractivity contribution in [2.75, 3.05) is 20.8 Å². The quantitative estimate of drug-likeness (QED) is 0.759. The number of nitrogens with two attached hydrogens (primary N) is 1. The molecule has 5 heteroatoms. The van der Waals surface area contributed by atoms with Gasteiger partial charge in [0.1, 0.15) is 17.3 Å². The molecule has 0 heterocycles. The summed E-state index contributed by atoms with van der Waals surface area (Å²) in [5.74, 6) is 1.14. The third kappa shape index (κ3) is 4.01. The number of Topliss-reactive ketones (excluding diaryl/α,β-unsaturated/α-hetero) is 1. The van der Waals surface area contributed by atoms with E-state index in [2.05, 4.69) is 0 Å². The smallest absolute Gasteiger partial charge is 0.146 e. The van der Waals surface area contributed by atoms with E-state index in [0.717, 1.165) is 0 Å². The van der Waals surface area contributed by atoms with E-state index in [1.165, 1.54) is 0 Å². The molecule has 1 aromatic carbocycles. The molecule has 0 aromatic heterocycles. The molecular weight excluding hydrogens is 234 g/mol. The second kappa shape index (κ2) is 6.98. The van der Waals surface area contributed by atoms with Crippen LogP contribution in [0.3, 0.4) is 0 Å². The lowest BCUT2D eigenvalue weighted by atomic mass is 10.0. The molecule has 0 amide bonds. The molecule has 0 fully saturated rings. The molecule has 0 radical (unpaired) electrons. The van der Waals surface area contributed by atoms with Gasteiger partial charge in [-0.3, -0.25) is 4.79 Å². The number of ketones is 1. The van der Waals surface area contributed by atoms with Gasteiger partial charge >= 0.3 is 0 Å². The summed E-state index contributed by atoms with van der Waals surface area (Å²) in [7, 11) is 3.09. The van der Waals surface area contributed by atoms with Crippen LogP contribution in [0.2, 0.25) is 0 Å². The minimum absolute atomic E-state index is 0.00809. The number of aliphatic hydroxyl groups excluding tert-OH is 1. The summed E-state index contributed by atoms with van der Waals surface area (Å²) >= 11 is 0. The molecule has 0 spiro atoms. The molecule has 0 aliphatic carbocycles. The third-order valence-corrected chi connectivity index (χ3v) is 2.68. The van der Waals surface area contributed by atoms with Crippen molar-refractivity contribution in [1.29, 1.82) is 0 Å². The molecule has 1 unspecified atom stereocenters. The SMILES string of the molecule is COc1cc(OC)cc(C(O)CCC(=O)CN)c1. The highest BCUT2D eigenvalue weighted by atomic mass is 16.5. The van der Waals surface area contributed by atoms with Crippen LogP contribution in [-0.4, -0.2) is 31.7 Å². The molecule has 5 nitrogen and oxygen atoms in total. The van der Waals surface area contributed by atoms with Gasteiger partial charge in [0.15, 0.2) is 0 Å². The second-order valence-electron chi connectivity index (χ2n) is 3.94. The number of carbonyl (C=O) groups excluding carboxylic acids is 1. The minimum Gasteiger partial charge on any atom is -0.497 e. The summed E-state index contributed by atoms with van der Waals surface area (Å²) in [5.41, 5.74) is 5.88. The van der Waals surface area contributed by atoms with Crippen molar-refractivity contribution in [3.8, 4) is 11.5 Å². The molecule has 0 aliphatic heterocycles. The molecule has 18 heavy (non-hydrogen) atoms. The largest absolute Gasteiger partial charge is 0.497 e. The van der Waals surface area contributed by atoms with E-state index in [4.69, 9.17) is 15.2 Å². The fourth-order valence-corrected chi connectivity index (χ4v) is 1.59. The van der Waals surface area contributed by atoms with Crippen LogP contribution >= 0.6 is 0 Å². The molecule has 100 valence electrons. The molecule has 1 aromatic rings. The lowest BCUT2D eigenvalue weighted by Gasteiger charge is -2.13. The Labute approximate surface area is 107 Å². The normalized spacial score (nSPS) is 12.0. The van der Waals surface area contributed by atoms with Crippen molar-refractivity contribution in [2.45, 2.75) is 18.9 Å². The predicted octanol–water partition coefficient (Wildman–Crippen LogP) is 1.05. The number of hydrogen-bond acceptors (Lipinski definition) is 5. The van der Waals surface area contributed by atoms with Crippen molar-refractivity contribution in [2.24, 2.45) is 5.73 Å². The van der Waals surface area contributed by atoms with Gasteiger partial charge < -0.3 is 20.3 Å². The van der Waals surface area contributed by atoms with Crippen LogP contribution in [0.1, 0.15) is 24.5 Å². The maximum Gasteiger partial charge on any atom is 0.146 e. The van der Waals surface area contributed by atoms with Crippen molar-refractivity contribution < 1.29 is 19.4 Å². The summed E-state index contributed by atoms with van der Waals surface area (Å²) in [6.45, 7) is 0.00809. The van der Waals surface area contributed by atoms with Crippen LogP contribution in [0.5, 0.6) is 11.5 Å². The Hall–Kier alpha value is -1.59. The Kier molecular flexibility index (Phi) is 5.61. The topological polar surface area (TPSA) is 81.8 Å². The standard InChI is InChI=1S/C13H19NO4/c1-17-11-5-9(6-12(7-11)18-2)13(16)4-3-10(15)8-14/h5-7,13,16H,3-4,8,14H2,1-2H3. The van der Waals surface area contributed by atoms with Crippen LogP contribution < -0.4 is 15.2 Å². The van der Waals surface area contributed by atoms with Crippen LogP contribution in [0.15, 0.2) is 18.2 Å². The average Bonchev–Trinajstić information content (AvgIpc) is 2.43. The summed E-state index contributed by atoms with van der Waals surface area (Å²) in [6, 6.07) is 5.17. The van der Waals surface area contributed by atoms with Crippen molar-refractivity contribution in [3.05, 3.63) is 23.8 Å². The highest BCUT2D eigenvalue weighted by molar-refractivity contribution is 5.80. The maximum atomic E-state index is 11.1. The van der Waals surface area contributed by atoms with E-state index in [1.807, 2.05) is 0 Å². The maximum absolute atomic E-state index is 11.1. The van der Waals surface area contributed by atoms with Crippen molar-refractivity contribution in [3.63, 3.8) is 0 Å². The second-order valence-corrected chi connectivity index (χ2v) is 3.94. The van der Waals surface area contributed by atoms with E-state index >= 15 is 0 Å². The van der Waals surface area contributed by atoms with Gasteiger partial charge in [-0.1, -0.05) is 0 Å². The van der Waals surface area contributed by atoms with Gasteiger partial charge in [-0.15, -0.1) is 0 Å². The summed E-state index contributed by atoms with van der Waals surface area (Å²) < 4.78 is 10.2. The monoisotopic (exact) mass is 253 g/mol. The van der Waals surface area contributed by atoms with Crippen LogP contribution in [0.25, 0.3) is 0 Å². The first-order valence-electron chi connectivity index (χ1n) is 5.73. The zero-order valence-corrected chi connectivity index (χ0v) is 10.7. The molecular formula is C13H19NO4. The fourth-order valence-electron chi connectivity index (χ4n) is 1.59. The van der Waals surface area contributed by atoms with E-state index in [-0.39, 0.29) is 18.7 Å². The molecule has 1 rings (SSSR count). The lowest BCUT2D eigenvalue weighted by Crippen LogP contribution is -2.14. The number of ether oxygens (including phenoxy) is 2. The Morgan fingerprint density at radius 3 is 2.28 bits per heavy atom. The van der Waals surface area contributed by atoms with Crippen molar-refractivity contribution >= 4 is 5.78 Å². The Morgan fingerprint density at radius 1 is 1.28 bits per heavy atom. The molecule has 0 bridgehead atoms.